The van der Waals surface area contributed by atoms with Gasteiger partial charge in [-0.05, 0) is 49.2 Å². The number of benzene rings is 2. The third-order valence-electron chi connectivity index (χ3n) is 3.60. The Morgan fingerprint density at radius 2 is 1.80 bits per heavy atom. The van der Waals surface area contributed by atoms with E-state index in [-0.39, 0.29) is 23.1 Å². The summed E-state index contributed by atoms with van der Waals surface area (Å²) in [6, 6.07) is 9.82. The smallest absolute Gasteiger partial charge is 0.248 e. The maximum absolute atomic E-state index is 13.8. The minimum Gasteiger partial charge on any atom is -0.437 e. The molecule has 0 saturated carbocycles. The summed E-state index contributed by atoms with van der Waals surface area (Å²) in [5.41, 5.74) is 8.28. The lowest BCUT2D eigenvalue weighted by molar-refractivity contribution is 0.464. The number of hydrogen-bond acceptors (Lipinski definition) is 5. The lowest BCUT2D eigenvalue weighted by Gasteiger charge is -2.13. The summed E-state index contributed by atoms with van der Waals surface area (Å²) < 4.78 is 19.6. The first kappa shape index (κ1) is 17.0. The molecular formula is C18H16ClFN4O. The molecule has 0 aliphatic rings. The lowest BCUT2D eigenvalue weighted by atomic mass is 10.1. The Labute approximate surface area is 149 Å². The number of halogens is 2. The summed E-state index contributed by atoms with van der Waals surface area (Å²) in [5.74, 6) is 0.584. The van der Waals surface area contributed by atoms with E-state index in [1.807, 2.05) is 13.8 Å². The molecule has 3 rings (SSSR count). The van der Waals surface area contributed by atoms with Crippen LogP contribution in [0.2, 0.25) is 5.02 Å². The van der Waals surface area contributed by atoms with Crippen LogP contribution in [0.1, 0.15) is 11.1 Å². The standard InChI is InChI=1S/C18H16ClFN4O/c1-10-7-12(8-11(2)15(10)19)25-18-16(21)17(22-9-23-18)24-14-6-4-3-5-13(14)20/h3-9H,21H2,1-2H3,(H,22,23,24). The summed E-state index contributed by atoms with van der Waals surface area (Å²) in [6.07, 6.45) is 1.30. The summed E-state index contributed by atoms with van der Waals surface area (Å²) >= 11 is 6.16. The van der Waals surface area contributed by atoms with Gasteiger partial charge in [0.25, 0.3) is 0 Å². The van der Waals surface area contributed by atoms with Crippen LogP contribution in [0.4, 0.5) is 21.6 Å². The molecule has 0 aliphatic carbocycles. The molecule has 0 spiro atoms. The summed E-state index contributed by atoms with van der Waals surface area (Å²) in [4.78, 5) is 8.11. The van der Waals surface area contributed by atoms with E-state index >= 15 is 0 Å². The maximum Gasteiger partial charge on any atom is 0.248 e. The second-order valence-electron chi connectivity index (χ2n) is 5.52. The van der Waals surface area contributed by atoms with Crippen molar-refractivity contribution in [1.29, 1.82) is 0 Å². The fraction of sp³-hybridized carbons (Fsp3) is 0.111. The van der Waals surface area contributed by atoms with Crippen LogP contribution < -0.4 is 15.8 Å². The van der Waals surface area contributed by atoms with Gasteiger partial charge in [0.1, 0.15) is 23.6 Å². The van der Waals surface area contributed by atoms with Gasteiger partial charge in [0.15, 0.2) is 5.82 Å². The zero-order chi connectivity index (χ0) is 18.0. The Morgan fingerprint density at radius 1 is 1.12 bits per heavy atom. The number of rotatable bonds is 4. The fourth-order valence-electron chi connectivity index (χ4n) is 2.33. The number of ether oxygens (including phenoxy) is 1. The highest BCUT2D eigenvalue weighted by atomic mass is 35.5. The average molecular weight is 359 g/mol. The van der Waals surface area contributed by atoms with Crippen molar-refractivity contribution in [1.82, 2.24) is 9.97 Å². The van der Waals surface area contributed by atoms with Gasteiger partial charge in [-0.1, -0.05) is 23.7 Å². The van der Waals surface area contributed by atoms with Crippen molar-refractivity contribution in [3.8, 4) is 11.6 Å². The highest BCUT2D eigenvalue weighted by molar-refractivity contribution is 6.32. The summed E-state index contributed by atoms with van der Waals surface area (Å²) in [7, 11) is 0. The highest BCUT2D eigenvalue weighted by Crippen LogP contribution is 2.33. The van der Waals surface area contributed by atoms with E-state index in [0.29, 0.717) is 10.8 Å². The van der Waals surface area contributed by atoms with E-state index < -0.39 is 5.82 Å². The van der Waals surface area contributed by atoms with Crippen LogP contribution in [0.5, 0.6) is 11.6 Å². The number of anilines is 3. The SMILES string of the molecule is Cc1cc(Oc2ncnc(Nc3ccccc3F)c2N)cc(C)c1Cl. The molecule has 2 aromatic carbocycles. The van der Waals surface area contributed by atoms with Crippen molar-refractivity contribution in [3.63, 3.8) is 0 Å². The molecule has 128 valence electrons. The van der Waals surface area contributed by atoms with Gasteiger partial charge in [-0.2, -0.15) is 4.98 Å². The van der Waals surface area contributed by atoms with Crippen LogP contribution in [0.15, 0.2) is 42.7 Å². The van der Waals surface area contributed by atoms with Gasteiger partial charge in [0.05, 0.1) is 5.69 Å². The number of hydrogen-bond donors (Lipinski definition) is 2. The van der Waals surface area contributed by atoms with E-state index in [9.17, 15) is 4.39 Å². The van der Waals surface area contributed by atoms with E-state index in [1.54, 1.807) is 30.3 Å². The molecule has 0 radical (unpaired) electrons. The van der Waals surface area contributed by atoms with E-state index in [0.717, 1.165) is 11.1 Å². The minimum absolute atomic E-state index is 0.176. The van der Waals surface area contributed by atoms with E-state index in [4.69, 9.17) is 22.1 Å². The zero-order valence-electron chi connectivity index (χ0n) is 13.7. The number of nitrogens with one attached hydrogen (secondary N) is 1. The van der Waals surface area contributed by atoms with E-state index in [2.05, 4.69) is 15.3 Å². The van der Waals surface area contributed by atoms with Gasteiger partial charge < -0.3 is 15.8 Å². The molecule has 3 aromatic rings. The first-order chi connectivity index (χ1) is 12.0. The monoisotopic (exact) mass is 358 g/mol. The molecule has 0 saturated heterocycles. The molecule has 0 amide bonds. The molecule has 7 heteroatoms. The molecule has 0 aliphatic heterocycles. The van der Waals surface area contributed by atoms with Crippen molar-refractivity contribution in [2.75, 3.05) is 11.1 Å². The van der Waals surface area contributed by atoms with Crippen LogP contribution >= 0.6 is 11.6 Å². The molecular weight excluding hydrogens is 343 g/mol. The average Bonchev–Trinajstić information content (AvgIpc) is 2.58. The predicted octanol–water partition coefficient (Wildman–Crippen LogP) is 5.00. The third kappa shape index (κ3) is 3.64. The third-order valence-corrected chi connectivity index (χ3v) is 4.19. The predicted molar refractivity (Wildman–Crippen MR) is 97.1 cm³/mol. The quantitative estimate of drug-likeness (QED) is 0.686. The molecule has 0 fully saturated rings. The topological polar surface area (TPSA) is 73.1 Å². The normalized spacial score (nSPS) is 10.6. The van der Waals surface area contributed by atoms with Crippen LogP contribution in [-0.4, -0.2) is 9.97 Å². The Bertz CT molecular complexity index is 910. The number of nitrogens with two attached hydrogens (primary N) is 1. The molecule has 0 atom stereocenters. The second-order valence-corrected chi connectivity index (χ2v) is 5.90. The number of para-hydroxylation sites is 1. The number of nitrogen functional groups attached to an aromatic ring is 1. The van der Waals surface area contributed by atoms with Crippen LogP contribution in [-0.2, 0) is 0 Å². The first-order valence-corrected chi connectivity index (χ1v) is 7.90. The summed E-state index contributed by atoms with van der Waals surface area (Å²) in [5, 5.41) is 3.53. The van der Waals surface area contributed by atoms with Crippen molar-refractivity contribution >= 4 is 28.8 Å². The molecule has 3 N–H and O–H groups in total. The molecule has 0 bridgehead atoms. The first-order valence-electron chi connectivity index (χ1n) is 7.52. The minimum atomic E-state index is -0.410. The summed E-state index contributed by atoms with van der Waals surface area (Å²) in [6.45, 7) is 3.77. The second kappa shape index (κ2) is 6.94. The highest BCUT2D eigenvalue weighted by Gasteiger charge is 2.13. The van der Waals surface area contributed by atoms with Crippen LogP contribution in [0.25, 0.3) is 0 Å². The fourth-order valence-corrected chi connectivity index (χ4v) is 2.44. The van der Waals surface area contributed by atoms with Gasteiger partial charge in [-0.3, -0.25) is 0 Å². The Kier molecular flexibility index (Phi) is 4.72. The number of nitrogens with zero attached hydrogens (tertiary/aromatic N) is 2. The molecule has 1 aromatic heterocycles. The Balaban J connectivity index is 1.90. The van der Waals surface area contributed by atoms with Gasteiger partial charge in [0.2, 0.25) is 5.88 Å². The van der Waals surface area contributed by atoms with Gasteiger partial charge in [-0.15, -0.1) is 0 Å². The van der Waals surface area contributed by atoms with Gasteiger partial charge >= 0.3 is 0 Å². The van der Waals surface area contributed by atoms with E-state index in [1.165, 1.54) is 12.4 Å². The van der Waals surface area contributed by atoms with Crippen molar-refractivity contribution in [2.45, 2.75) is 13.8 Å². The van der Waals surface area contributed by atoms with Gasteiger partial charge in [0, 0.05) is 5.02 Å². The Morgan fingerprint density at radius 3 is 2.48 bits per heavy atom. The van der Waals surface area contributed by atoms with Gasteiger partial charge in [-0.25, -0.2) is 9.37 Å². The van der Waals surface area contributed by atoms with Crippen molar-refractivity contribution < 1.29 is 9.13 Å². The maximum atomic E-state index is 13.8. The number of aromatic nitrogens is 2. The molecule has 25 heavy (non-hydrogen) atoms. The zero-order valence-corrected chi connectivity index (χ0v) is 14.4. The lowest BCUT2D eigenvalue weighted by Crippen LogP contribution is -2.04. The molecule has 5 nitrogen and oxygen atoms in total. The molecule has 1 heterocycles. The number of aryl methyl sites for hydroxylation is 2. The van der Waals surface area contributed by atoms with Crippen LogP contribution in [0, 0.1) is 19.7 Å². The van der Waals surface area contributed by atoms with Crippen molar-refractivity contribution in [3.05, 3.63) is 64.7 Å². The van der Waals surface area contributed by atoms with Crippen LogP contribution in [0.3, 0.4) is 0 Å². The largest absolute Gasteiger partial charge is 0.437 e. The van der Waals surface area contributed by atoms with Crippen molar-refractivity contribution in [2.24, 2.45) is 0 Å². The Hall–Kier alpha value is -2.86. The molecule has 0 unspecified atom stereocenters.